The van der Waals surface area contributed by atoms with Crippen molar-refractivity contribution in [2.24, 2.45) is 0 Å². The molecule has 122 valence electrons. The van der Waals surface area contributed by atoms with E-state index in [4.69, 9.17) is 0 Å². The summed E-state index contributed by atoms with van der Waals surface area (Å²) in [6.07, 6.45) is 0. The Labute approximate surface area is 134 Å². The highest BCUT2D eigenvalue weighted by molar-refractivity contribution is 5.78. The molecule has 1 fully saturated rings. The number of nitrogens with zero attached hydrogens (tertiary/aromatic N) is 3. The molecule has 1 aromatic carbocycles. The lowest BCUT2D eigenvalue weighted by Gasteiger charge is -2.36. The Morgan fingerprint density at radius 3 is 2.05 bits per heavy atom. The van der Waals surface area contributed by atoms with Gasteiger partial charge in [0.2, 0.25) is 5.91 Å². The van der Waals surface area contributed by atoms with E-state index in [2.05, 4.69) is 49.9 Å². The normalized spacial score (nSPS) is 16.3. The molecule has 1 saturated heterocycles. The number of piperazine rings is 1. The Balaban J connectivity index is 1.93. The largest absolute Gasteiger partial charge is 0.368 e. The molecule has 1 amide bonds. The Hall–Kier alpha value is -1.55. The van der Waals surface area contributed by atoms with Crippen LogP contribution < -0.4 is 4.90 Å². The molecule has 0 bridgehead atoms. The van der Waals surface area contributed by atoms with Crippen LogP contribution in [0, 0.1) is 0 Å². The van der Waals surface area contributed by atoms with Crippen LogP contribution in [0.4, 0.5) is 5.69 Å². The lowest BCUT2D eigenvalue weighted by Crippen LogP contribution is -2.50. The average molecular weight is 303 g/mol. The van der Waals surface area contributed by atoms with Crippen LogP contribution in [0.1, 0.15) is 26.3 Å². The SMILES string of the molecule is CN(C)CC(=O)N1CCN(c2ccc(C(C)(C)C)cc2)CC1. The Kier molecular flexibility index (Phi) is 5.12. The number of benzene rings is 1. The first-order valence-corrected chi connectivity index (χ1v) is 8.05. The molecule has 0 aliphatic carbocycles. The predicted molar refractivity (Wildman–Crippen MR) is 92.5 cm³/mol. The lowest BCUT2D eigenvalue weighted by molar-refractivity contribution is -0.132. The third-order valence-corrected chi connectivity index (χ3v) is 4.18. The van der Waals surface area contributed by atoms with Crippen LogP contribution in [-0.4, -0.2) is 62.5 Å². The zero-order chi connectivity index (χ0) is 16.3. The number of rotatable bonds is 3. The van der Waals surface area contributed by atoms with Gasteiger partial charge in [0.1, 0.15) is 0 Å². The van der Waals surface area contributed by atoms with E-state index in [1.165, 1.54) is 11.3 Å². The Morgan fingerprint density at radius 2 is 1.59 bits per heavy atom. The fourth-order valence-electron chi connectivity index (χ4n) is 2.76. The van der Waals surface area contributed by atoms with Crippen molar-refractivity contribution in [3.63, 3.8) is 0 Å². The third-order valence-electron chi connectivity index (χ3n) is 4.18. The van der Waals surface area contributed by atoms with Gasteiger partial charge in [0.15, 0.2) is 0 Å². The van der Waals surface area contributed by atoms with Gasteiger partial charge < -0.3 is 14.7 Å². The summed E-state index contributed by atoms with van der Waals surface area (Å²) in [6, 6.07) is 8.85. The van der Waals surface area contributed by atoms with Gasteiger partial charge in [0.25, 0.3) is 0 Å². The third kappa shape index (κ3) is 4.23. The average Bonchev–Trinajstić information content (AvgIpc) is 2.46. The Morgan fingerprint density at radius 1 is 1.05 bits per heavy atom. The van der Waals surface area contributed by atoms with Gasteiger partial charge in [0.05, 0.1) is 6.54 Å². The van der Waals surface area contributed by atoms with Crippen LogP contribution in [0.5, 0.6) is 0 Å². The number of hydrogen-bond donors (Lipinski definition) is 0. The molecule has 1 heterocycles. The molecule has 0 aromatic heterocycles. The summed E-state index contributed by atoms with van der Waals surface area (Å²) in [6.45, 7) is 10.6. The number of carbonyl (C=O) groups excluding carboxylic acids is 1. The standard InChI is InChI=1S/C18H29N3O/c1-18(2,3)15-6-8-16(9-7-15)20-10-12-21(13-11-20)17(22)14-19(4)5/h6-9H,10-14H2,1-5H3. The summed E-state index contributed by atoms with van der Waals surface area (Å²) in [5.74, 6) is 0.229. The fraction of sp³-hybridized carbons (Fsp3) is 0.611. The maximum absolute atomic E-state index is 12.1. The zero-order valence-corrected chi connectivity index (χ0v) is 14.6. The molecular formula is C18H29N3O. The molecule has 1 aromatic rings. The first-order valence-electron chi connectivity index (χ1n) is 8.05. The van der Waals surface area contributed by atoms with Gasteiger partial charge in [-0.05, 0) is 37.2 Å². The van der Waals surface area contributed by atoms with Gasteiger partial charge in [-0.3, -0.25) is 4.79 Å². The first-order chi connectivity index (χ1) is 10.3. The second kappa shape index (κ2) is 6.69. The monoisotopic (exact) mass is 303 g/mol. The molecule has 0 spiro atoms. The molecule has 1 aliphatic rings. The second-order valence-corrected chi connectivity index (χ2v) is 7.40. The van der Waals surface area contributed by atoms with Crippen molar-refractivity contribution in [2.75, 3.05) is 51.7 Å². The molecule has 0 atom stereocenters. The molecule has 2 rings (SSSR count). The van der Waals surface area contributed by atoms with Crippen LogP contribution in [0.25, 0.3) is 0 Å². The van der Waals surface area contributed by atoms with Gasteiger partial charge in [-0.2, -0.15) is 0 Å². The molecule has 0 N–H and O–H groups in total. The fourth-order valence-corrected chi connectivity index (χ4v) is 2.76. The van der Waals surface area contributed by atoms with Crippen molar-refractivity contribution in [1.29, 1.82) is 0 Å². The number of carbonyl (C=O) groups is 1. The van der Waals surface area contributed by atoms with E-state index in [-0.39, 0.29) is 11.3 Å². The van der Waals surface area contributed by atoms with Gasteiger partial charge in [0, 0.05) is 31.9 Å². The highest BCUT2D eigenvalue weighted by Gasteiger charge is 2.22. The molecular weight excluding hydrogens is 274 g/mol. The minimum absolute atomic E-state index is 0.190. The van der Waals surface area contributed by atoms with Gasteiger partial charge >= 0.3 is 0 Å². The zero-order valence-electron chi connectivity index (χ0n) is 14.6. The maximum atomic E-state index is 12.1. The van der Waals surface area contributed by atoms with Crippen LogP contribution >= 0.6 is 0 Å². The van der Waals surface area contributed by atoms with Crippen molar-refractivity contribution in [1.82, 2.24) is 9.80 Å². The minimum atomic E-state index is 0.190. The summed E-state index contributed by atoms with van der Waals surface area (Å²) >= 11 is 0. The van der Waals surface area contributed by atoms with E-state index in [1.807, 2.05) is 23.9 Å². The predicted octanol–water partition coefficient (Wildman–Crippen LogP) is 2.19. The van der Waals surface area contributed by atoms with Crippen LogP contribution in [0.2, 0.25) is 0 Å². The Bertz CT molecular complexity index is 494. The van der Waals surface area contributed by atoms with E-state index >= 15 is 0 Å². The van der Waals surface area contributed by atoms with E-state index in [9.17, 15) is 4.79 Å². The van der Waals surface area contributed by atoms with Crippen molar-refractivity contribution in [2.45, 2.75) is 26.2 Å². The van der Waals surface area contributed by atoms with Crippen LogP contribution in [0.15, 0.2) is 24.3 Å². The summed E-state index contributed by atoms with van der Waals surface area (Å²) in [5, 5.41) is 0. The van der Waals surface area contributed by atoms with E-state index in [0.717, 1.165) is 26.2 Å². The highest BCUT2D eigenvalue weighted by atomic mass is 16.2. The smallest absolute Gasteiger partial charge is 0.236 e. The topological polar surface area (TPSA) is 26.8 Å². The van der Waals surface area contributed by atoms with E-state index < -0.39 is 0 Å². The van der Waals surface area contributed by atoms with Gasteiger partial charge in [-0.1, -0.05) is 32.9 Å². The maximum Gasteiger partial charge on any atom is 0.236 e. The van der Waals surface area contributed by atoms with Gasteiger partial charge in [-0.25, -0.2) is 0 Å². The summed E-state index contributed by atoms with van der Waals surface area (Å²) in [4.78, 5) is 18.3. The van der Waals surface area contributed by atoms with Crippen LogP contribution in [0.3, 0.4) is 0 Å². The van der Waals surface area contributed by atoms with Gasteiger partial charge in [-0.15, -0.1) is 0 Å². The molecule has 4 nitrogen and oxygen atoms in total. The first kappa shape index (κ1) is 16.8. The number of anilines is 1. The molecule has 0 saturated carbocycles. The number of likely N-dealkylation sites (N-methyl/N-ethyl adjacent to an activating group) is 1. The number of amides is 1. The lowest BCUT2D eigenvalue weighted by atomic mass is 9.87. The molecule has 1 aliphatic heterocycles. The molecule has 0 radical (unpaired) electrons. The summed E-state index contributed by atoms with van der Waals surface area (Å²) < 4.78 is 0. The molecule has 4 heteroatoms. The minimum Gasteiger partial charge on any atom is -0.368 e. The van der Waals surface area contributed by atoms with E-state index in [0.29, 0.717) is 6.54 Å². The quantitative estimate of drug-likeness (QED) is 0.856. The van der Waals surface area contributed by atoms with Crippen molar-refractivity contribution < 1.29 is 4.79 Å². The highest BCUT2D eigenvalue weighted by Crippen LogP contribution is 2.25. The second-order valence-electron chi connectivity index (χ2n) is 7.40. The molecule has 0 unspecified atom stereocenters. The van der Waals surface area contributed by atoms with E-state index in [1.54, 1.807) is 0 Å². The van der Waals surface area contributed by atoms with Crippen molar-refractivity contribution >= 4 is 11.6 Å². The summed E-state index contributed by atoms with van der Waals surface area (Å²) in [7, 11) is 3.87. The molecule has 22 heavy (non-hydrogen) atoms. The van der Waals surface area contributed by atoms with Crippen LogP contribution in [-0.2, 0) is 10.2 Å². The summed E-state index contributed by atoms with van der Waals surface area (Å²) in [5.41, 5.74) is 2.80. The number of hydrogen-bond acceptors (Lipinski definition) is 3. The van der Waals surface area contributed by atoms with Crippen molar-refractivity contribution in [3.05, 3.63) is 29.8 Å². The van der Waals surface area contributed by atoms with Crippen molar-refractivity contribution in [3.8, 4) is 0 Å².